The van der Waals surface area contributed by atoms with E-state index in [9.17, 15) is 15.0 Å². The highest BCUT2D eigenvalue weighted by molar-refractivity contribution is 5.92. The summed E-state index contributed by atoms with van der Waals surface area (Å²) < 4.78 is 5.20. The minimum absolute atomic E-state index is 0. The second-order valence-corrected chi connectivity index (χ2v) is 6.80. The van der Waals surface area contributed by atoms with Crippen LogP contribution in [0, 0.1) is 0 Å². The van der Waals surface area contributed by atoms with Crippen molar-refractivity contribution in [2.75, 3.05) is 20.2 Å². The Bertz CT molecular complexity index is 945. The minimum Gasteiger partial charge on any atom is -0.496 e. The maximum absolute atomic E-state index is 11.2. The van der Waals surface area contributed by atoms with Crippen molar-refractivity contribution in [1.82, 2.24) is 5.32 Å². The fraction of sp³-hybridized carbons (Fsp3) is 0.208. The van der Waals surface area contributed by atoms with Crippen LogP contribution >= 0.6 is 12.4 Å². The van der Waals surface area contributed by atoms with E-state index in [0.717, 1.165) is 29.7 Å². The number of benzene rings is 3. The van der Waals surface area contributed by atoms with Gasteiger partial charge in [0.05, 0.1) is 13.2 Å². The van der Waals surface area contributed by atoms with Gasteiger partial charge in [0.2, 0.25) is 0 Å². The first kappa shape index (κ1) is 23.4. The Hall–Kier alpha value is -2.86. The van der Waals surface area contributed by atoms with Crippen LogP contribution in [0.15, 0.2) is 72.8 Å². The van der Waals surface area contributed by atoms with Gasteiger partial charge in [0.15, 0.2) is 0 Å². The number of methoxy groups -OCH3 is 1. The number of hydrogen-bond donors (Lipinski definition) is 3. The van der Waals surface area contributed by atoms with Crippen molar-refractivity contribution in [2.45, 2.75) is 12.5 Å². The summed E-state index contributed by atoms with van der Waals surface area (Å²) in [5, 5.41) is 22.7. The standard InChI is InChI=1S/C24H25NO4.ClH/c1-29-23-15-20(11-12-21(23)24(27)28)18-9-7-17(8-10-18)13-14-25-16-22(26)19-5-3-2-4-6-19;/h2-12,15,22,25-26H,13-14,16H2,1H3,(H,27,28);1H/t22-;/m0./s1. The summed E-state index contributed by atoms with van der Waals surface area (Å²) in [6.07, 6.45) is 0.339. The molecule has 0 spiro atoms. The Morgan fingerprint density at radius 3 is 2.30 bits per heavy atom. The molecule has 1 atom stereocenters. The van der Waals surface area contributed by atoms with Crippen molar-refractivity contribution in [3.63, 3.8) is 0 Å². The second kappa shape index (κ2) is 11.4. The number of aromatic carboxylic acids is 1. The highest BCUT2D eigenvalue weighted by Gasteiger charge is 2.12. The molecule has 0 amide bonds. The van der Waals surface area contributed by atoms with E-state index in [0.29, 0.717) is 12.3 Å². The number of hydrogen-bond acceptors (Lipinski definition) is 4. The van der Waals surface area contributed by atoms with Crippen molar-refractivity contribution in [3.05, 3.63) is 89.5 Å². The zero-order valence-electron chi connectivity index (χ0n) is 16.7. The van der Waals surface area contributed by atoms with Gasteiger partial charge in [0.1, 0.15) is 11.3 Å². The third-order valence-corrected chi connectivity index (χ3v) is 4.83. The largest absolute Gasteiger partial charge is 0.496 e. The molecular weight excluding hydrogens is 402 g/mol. The van der Waals surface area contributed by atoms with Gasteiger partial charge in [-0.15, -0.1) is 12.4 Å². The van der Waals surface area contributed by atoms with Crippen molar-refractivity contribution < 1.29 is 19.7 Å². The second-order valence-electron chi connectivity index (χ2n) is 6.80. The quantitative estimate of drug-likeness (QED) is 0.442. The average Bonchev–Trinajstić information content (AvgIpc) is 2.77. The molecule has 0 aliphatic heterocycles. The maximum atomic E-state index is 11.2. The van der Waals surface area contributed by atoms with Crippen LogP contribution in [0.25, 0.3) is 11.1 Å². The Balaban J connectivity index is 0.00000320. The molecule has 0 aliphatic carbocycles. The van der Waals surface area contributed by atoms with Gasteiger partial charge in [-0.05, 0) is 47.4 Å². The van der Waals surface area contributed by atoms with Gasteiger partial charge >= 0.3 is 5.97 Å². The van der Waals surface area contributed by atoms with Crippen molar-refractivity contribution >= 4 is 18.4 Å². The van der Waals surface area contributed by atoms with Crippen molar-refractivity contribution in [2.24, 2.45) is 0 Å². The molecule has 158 valence electrons. The molecule has 0 saturated heterocycles. The lowest BCUT2D eigenvalue weighted by Crippen LogP contribution is -2.23. The summed E-state index contributed by atoms with van der Waals surface area (Å²) in [6, 6.07) is 22.9. The van der Waals surface area contributed by atoms with Crippen LogP contribution in [0.3, 0.4) is 0 Å². The molecule has 6 heteroatoms. The van der Waals surface area contributed by atoms with Crippen LogP contribution in [0.2, 0.25) is 0 Å². The highest BCUT2D eigenvalue weighted by Crippen LogP contribution is 2.27. The first-order chi connectivity index (χ1) is 14.1. The predicted molar refractivity (Wildman–Crippen MR) is 121 cm³/mol. The molecule has 3 aromatic rings. The van der Waals surface area contributed by atoms with E-state index >= 15 is 0 Å². The van der Waals surface area contributed by atoms with E-state index < -0.39 is 12.1 Å². The van der Waals surface area contributed by atoms with E-state index in [4.69, 9.17) is 4.74 Å². The first-order valence-corrected chi connectivity index (χ1v) is 9.53. The number of halogens is 1. The molecule has 3 N–H and O–H groups in total. The summed E-state index contributed by atoms with van der Waals surface area (Å²) in [4.78, 5) is 11.2. The molecule has 5 nitrogen and oxygen atoms in total. The predicted octanol–water partition coefficient (Wildman–Crippen LogP) is 4.35. The molecule has 3 rings (SSSR count). The lowest BCUT2D eigenvalue weighted by atomic mass is 10.0. The fourth-order valence-electron chi connectivity index (χ4n) is 3.18. The summed E-state index contributed by atoms with van der Waals surface area (Å²) in [5.41, 5.74) is 4.15. The first-order valence-electron chi connectivity index (χ1n) is 9.53. The van der Waals surface area contributed by atoms with Crippen LogP contribution in [-0.4, -0.2) is 36.4 Å². The zero-order valence-corrected chi connectivity index (χ0v) is 17.6. The molecule has 0 aromatic heterocycles. The molecule has 3 aromatic carbocycles. The number of rotatable bonds is 9. The smallest absolute Gasteiger partial charge is 0.339 e. The normalized spacial score (nSPS) is 11.4. The number of carbonyl (C=O) groups is 1. The van der Waals surface area contributed by atoms with E-state index in [1.165, 1.54) is 12.7 Å². The Morgan fingerprint density at radius 2 is 1.67 bits per heavy atom. The van der Waals surface area contributed by atoms with Gasteiger partial charge in [0.25, 0.3) is 0 Å². The van der Waals surface area contributed by atoms with Gasteiger partial charge in [-0.25, -0.2) is 4.79 Å². The Morgan fingerprint density at radius 1 is 1.00 bits per heavy atom. The highest BCUT2D eigenvalue weighted by atomic mass is 35.5. The number of carboxylic acids is 1. The zero-order chi connectivity index (χ0) is 20.6. The third kappa shape index (κ3) is 6.07. The van der Waals surface area contributed by atoms with Crippen molar-refractivity contribution in [1.29, 1.82) is 0 Å². The number of ether oxygens (including phenoxy) is 1. The lowest BCUT2D eigenvalue weighted by Gasteiger charge is -2.12. The Labute approximate surface area is 182 Å². The molecule has 0 saturated carbocycles. The molecule has 30 heavy (non-hydrogen) atoms. The van der Waals surface area contributed by atoms with Crippen LogP contribution in [0.1, 0.15) is 27.6 Å². The third-order valence-electron chi connectivity index (χ3n) is 4.83. The monoisotopic (exact) mass is 427 g/mol. The van der Waals surface area contributed by atoms with E-state index in [1.807, 2.05) is 42.5 Å². The molecule has 0 radical (unpaired) electrons. The number of carboxylic acid groups (broad SMARTS) is 1. The minimum atomic E-state index is -1.01. The molecule has 0 fully saturated rings. The summed E-state index contributed by atoms with van der Waals surface area (Å²) >= 11 is 0. The van der Waals surface area contributed by atoms with Gasteiger partial charge in [-0.2, -0.15) is 0 Å². The molecule has 0 bridgehead atoms. The number of nitrogens with one attached hydrogen (secondary N) is 1. The van der Waals surface area contributed by atoms with Gasteiger partial charge in [-0.1, -0.05) is 60.7 Å². The maximum Gasteiger partial charge on any atom is 0.339 e. The van der Waals surface area contributed by atoms with Gasteiger partial charge in [0, 0.05) is 6.54 Å². The molecule has 0 heterocycles. The lowest BCUT2D eigenvalue weighted by molar-refractivity contribution is 0.0693. The van der Waals surface area contributed by atoms with Gasteiger partial charge < -0.3 is 20.3 Å². The summed E-state index contributed by atoms with van der Waals surface area (Å²) in [7, 11) is 1.47. The van der Waals surface area contributed by atoms with E-state index in [1.54, 1.807) is 18.2 Å². The van der Waals surface area contributed by atoms with Crippen LogP contribution < -0.4 is 10.1 Å². The topological polar surface area (TPSA) is 78.8 Å². The summed E-state index contributed by atoms with van der Waals surface area (Å²) in [6.45, 7) is 1.28. The van der Waals surface area contributed by atoms with Crippen LogP contribution in [-0.2, 0) is 6.42 Å². The Kier molecular flexibility index (Phi) is 8.87. The molecule has 0 aliphatic rings. The molecular formula is C24H26ClNO4. The van der Waals surface area contributed by atoms with E-state index in [2.05, 4.69) is 17.4 Å². The number of aliphatic hydroxyl groups excluding tert-OH is 1. The SMILES string of the molecule is COc1cc(-c2ccc(CCNC[C@H](O)c3ccccc3)cc2)ccc1C(=O)O.Cl. The summed E-state index contributed by atoms with van der Waals surface area (Å²) in [5.74, 6) is -0.658. The molecule has 0 unspecified atom stereocenters. The van der Waals surface area contributed by atoms with Crippen molar-refractivity contribution in [3.8, 4) is 16.9 Å². The number of aliphatic hydroxyl groups is 1. The van der Waals surface area contributed by atoms with E-state index in [-0.39, 0.29) is 18.0 Å². The fourth-order valence-corrected chi connectivity index (χ4v) is 3.18. The van der Waals surface area contributed by atoms with Crippen LogP contribution in [0.4, 0.5) is 0 Å². The average molecular weight is 428 g/mol. The van der Waals surface area contributed by atoms with Gasteiger partial charge in [-0.3, -0.25) is 0 Å². The van der Waals surface area contributed by atoms with Crippen LogP contribution in [0.5, 0.6) is 5.75 Å².